The van der Waals surface area contributed by atoms with E-state index in [2.05, 4.69) is 0 Å². The Kier molecular flexibility index (Phi) is 3.53. The van der Waals surface area contributed by atoms with Gasteiger partial charge in [0, 0.05) is 12.8 Å². The Bertz CT molecular complexity index is 528. The summed E-state index contributed by atoms with van der Waals surface area (Å²) in [6.45, 7) is 1.12. The predicted molar refractivity (Wildman–Crippen MR) is 67.4 cm³/mol. The first-order valence-corrected chi connectivity index (χ1v) is 7.48. The molecule has 104 valence electrons. The van der Waals surface area contributed by atoms with Crippen molar-refractivity contribution < 1.29 is 24.4 Å². The van der Waals surface area contributed by atoms with Gasteiger partial charge in [0.05, 0.1) is 6.54 Å². The molecule has 7 heteroatoms. The molecule has 0 spiro atoms. The molecule has 1 aromatic carbocycles. The standard InChI is InChI=1S/C12H16NO5P/c1-9(14)13(15)8-11-7-12(11,19(16,17)18)10-5-3-2-4-6-10/h2-6,11,15H,7-8H2,1H3,(H2,16,17,18)/t11-,12+/m0/s1. The fraction of sp³-hybridized carbons (Fsp3) is 0.417. The average Bonchev–Trinajstić information content (AvgIpc) is 3.05. The maximum atomic E-state index is 11.8. The van der Waals surface area contributed by atoms with Gasteiger partial charge >= 0.3 is 7.60 Å². The van der Waals surface area contributed by atoms with E-state index in [0.29, 0.717) is 10.6 Å². The summed E-state index contributed by atoms with van der Waals surface area (Å²) < 4.78 is 11.8. The van der Waals surface area contributed by atoms with Crippen LogP contribution in [-0.2, 0) is 14.5 Å². The minimum Gasteiger partial charge on any atom is -0.324 e. The molecule has 2 atom stereocenters. The molecular formula is C12H16NO5P. The molecule has 2 rings (SSSR count). The van der Waals surface area contributed by atoms with Gasteiger partial charge in [0.15, 0.2) is 0 Å². The van der Waals surface area contributed by atoms with E-state index in [1.807, 2.05) is 0 Å². The molecule has 1 fully saturated rings. The first kappa shape index (κ1) is 14.2. The molecule has 6 nitrogen and oxygen atoms in total. The summed E-state index contributed by atoms with van der Waals surface area (Å²) in [6.07, 6.45) is 0.256. The van der Waals surface area contributed by atoms with Crippen molar-refractivity contribution in [3.05, 3.63) is 35.9 Å². The lowest BCUT2D eigenvalue weighted by atomic mass is 10.1. The number of benzene rings is 1. The molecule has 0 heterocycles. The lowest BCUT2D eigenvalue weighted by Gasteiger charge is -2.21. The van der Waals surface area contributed by atoms with Gasteiger partial charge in [-0.3, -0.25) is 14.6 Å². The van der Waals surface area contributed by atoms with Gasteiger partial charge in [-0.15, -0.1) is 0 Å². The Balaban J connectivity index is 2.28. The van der Waals surface area contributed by atoms with E-state index in [0.717, 1.165) is 0 Å². The molecule has 1 aromatic rings. The largest absolute Gasteiger partial charge is 0.336 e. The number of hydrogen-bond acceptors (Lipinski definition) is 3. The highest BCUT2D eigenvalue weighted by Crippen LogP contribution is 2.74. The van der Waals surface area contributed by atoms with Crippen molar-refractivity contribution in [3.8, 4) is 0 Å². The molecule has 1 saturated carbocycles. The minimum atomic E-state index is -4.37. The Morgan fingerprint density at radius 3 is 2.47 bits per heavy atom. The topological polar surface area (TPSA) is 98.1 Å². The summed E-state index contributed by atoms with van der Waals surface area (Å²) in [5, 5.41) is 8.64. The van der Waals surface area contributed by atoms with Crippen LogP contribution in [0.15, 0.2) is 30.3 Å². The van der Waals surface area contributed by atoms with E-state index < -0.39 is 24.6 Å². The van der Waals surface area contributed by atoms with Crippen molar-refractivity contribution in [1.82, 2.24) is 5.06 Å². The van der Waals surface area contributed by atoms with Crippen molar-refractivity contribution in [2.75, 3.05) is 6.54 Å². The highest BCUT2D eigenvalue weighted by Gasteiger charge is 2.66. The van der Waals surface area contributed by atoms with Crippen LogP contribution in [0.1, 0.15) is 18.9 Å². The Labute approximate surface area is 110 Å². The first-order valence-electron chi connectivity index (χ1n) is 5.87. The number of carbonyl (C=O) groups is 1. The van der Waals surface area contributed by atoms with Crippen LogP contribution >= 0.6 is 7.60 Å². The van der Waals surface area contributed by atoms with Crippen LogP contribution in [0.3, 0.4) is 0 Å². The molecular weight excluding hydrogens is 269 g/mol. The maximum absolute atomic E-state index is 11.8. The quantitative estimate of drug-likeness (QED) is 0.440. The SMILES string of the molecule is CC(=O)N(O)C[C@@H]1C[C@]1(c1ccccc1)P(=O)(O)O. The van der Waals surface area contributed by atoms with Crippen molar-refractivity contribution in [1.29, 1.82) is 0 Å². The van der Waals surface area contributed by atoms with Crippen molar-refractivity contribution in [3.63, 3.8) is 0 Å². The van der Waals surface area contributed by atoms with Crippen molar-refractivity contribution in [2.24, 2.45) is 5.92 Å². The van der Waals surface area contributed by atoms with Gasteiger partial charge < -0.3 is 9.79 Å². The molecule has 3 N–H and O–H groups in total. The van der Waals surface area contributed by atoms with Crippen LogP contribution in [0.2, 0.25) is 0 Å². The predicted octanol–water partition coefficient (Wildman–Crippen LogP) is 1.32. The van der Waals surface area contributed by atoms with E-state index in [-0.39, 0.29) is 13.0 Å². The third kappa shape index (κ3) is 2.44. The van der Waals surface area contributed by atoms with Crippen LogP contribution < -0.4 is 0 Å². The molecule has 0 unspecified atom stereocenters. The number of amides is 1. The maximum Gasteiger partial charge on any atom is 0.336 e. The lowest BCUT2D eigenvalue weighted by Crippen LogP contribution is -2.29. The fourth-order valence-electron chi connectivity index (χ4n) is 2.47. The first-order chi connectivity index (χ1) is 8.79. The van der Waals surface area contributed by atoms with E-state index in [1.165, 1.54) is 6.92 Å². The highest BCUT2D eigenvalue weighted by molar-refractivity contribution is 7.53. The third-order valence-corrected chi connectivity index (χ3v) is 5.47. The van der Waals surface area contributed by atoms with Gasteiger partial charge in [0.25, 0.3) is 0 Å². The van der Waals surface area contributed by atoms with Gasteiger partial charge in [-0.05, 0) is 12.0 Å². The molecule has 0 bridgehead atoms. The Hall–Kier alpha value is -1.20. The van der Waals surface area contributed by atoms with Crippen LogP contribution in [0.4, 0.5) is 0 Å². The molecule has 19 heavy (non-hydrogen) atoms. The zero-order chi connectivity index (χ0) is 14.3. The molecule has 1 aliphatic rings. The lowest BCUT2D eigenvalue weighted by molar-refractivity contribution is -0.163. The van der Waals surface area contributed by atoms with E-state index in [1.54, 1.807) is 30.3 Å². The number of carbonyl (C=O) groups excluding carboxylic acids is 1. The molecule has 0 aromatic heterocycles. The molecule has 1 amide bonds. The van der Waals surface area contributed by atoms with Gasteiger partial charge in [-0.2, -0.15) is 0 Å². The van der Waals surface area contributed by atoms with Gasteiger partial charge in [0.2, 0.25) is 5.91 Å². The van der Waals surface area contributed by atoms with E-state index in [9.17, 15) is 24.4 Å². The Morgan fingerprint density at radius 1 is 1.42 bits per heavy atom. The zero-order valence-corrected chi connectivity index (χ0v) is 11.3. The zero-order valence-electron chi connectivity index (χ0n) is 10.4. The van der Waals surface area contributed by atoms with E-state index in [4.69, 9.17) is 0 Å². The molecule has 0 saturated heterocycles. The van der Waals surface area contributed by atoms with Crippen LogP contribution in [0.25, 0.3) is 0 Å². The van der Waals surface area contributed by atoms with Crippen LogP contribution in [0.5, 0.6) is 0 Å². The van der Waals surface area contributed by atoms with Crippen molar-refractivity contribution >= 4 is 13.5 Å². The summed E-state index contributed by atoms with van der Waals surface area (Å²) in [5.74, 6) is -0.982. The third-order valence-electron chi connectivity index (χ3n) is 3.62. The summed E-state index contributed by atoms with van der Waals surface area (Å²) in [4.78, 5) is 30.2. The van der Waals surface area contributed by atoms with Gasteiger partial charge in [-0.1, -0.05) is 30.3 Å². The second-order valence-electron chi connectivity index (χ2n) is 4.84. The number of hydroxylamine groups is 2. The molecule has 0 aliphatic heterocycles. The van der Waals surface area contributed by atoms with Crippen LogP contribution in [-0.4, -0.2) is 32.5 Å². The average molecular weight is 285 g/mol. The van der Waals surface area contributed by atoms with Gasteiger partial charge in [-0.25, -0.2) is 5.06 Å². The van der Waals surface area contributed by atoms with E-state index >= 15 is 0 Å². The second-order valence-corrected chi connectivity index (χ2v) is 6.72. The second kappa shape index (κ2) is 4.72. The van der Waals surface area contributed by atoms with Crippen molar-refractivity contribution in [2.45, 2.75) is 18.5 Å². The van der Waals surface area contributed by atoms with Crippen LogP contribution in [0, 0.1) is 5.92 Å². The molecule has 0 radical (unpaired) electrons. The summed E-state index contributed by atoms with van der Waals surface area (Å²) >= 11 is 0. The fourth-order valence-corrected chi connectivity index (χ4v) is 3.98. The number of nitrogens with zero attached hydrogens (tertiary/aromatic N) is 1. The summed E-state index contributed by atoms with van der Waals surface area (Å²) in [5.41, 5.74) is 0.547. The highest BCUT2D eigenvalue weighted by atomic mass is 31.2. The minimum absolute atomic E-state index is 0.0741. The number of hydrogen-bond donors (Lipinski definition) is 3. The number of rotatable bonds is 4. The van der Waals surface area contributed by atoms with Gasteiger partial charge in [0.1, 0.15) is 5.16 Å². The normalized spacial score (nSPS) is 26.0. The smallest absolute Gasteiger partial charge is 0.324 e. The molecule has 1 aliphatic carbocycles. The summed E-state index contributed by atoms with van der Waals surface area (Å²) in [6, 6.07) is 8.51. The Morgan fingerprint density at radius 2 is 2.00 bits per heavy atom. The monoisotopic (exact) mass is 285 g/mol. The summed E-state index contributed by atoms with van der Waals surface area (Å²) in [7, 11) is -4.37.